The number of aromatic amines is 1. The summed E-state index contributed by atoms with van der Waals surface area (Å²) in [5.74, 6) is 2.98. The Morgan fingerprint density at radius 1 is 1.35 bits per heavy atom. The second-order valence-electron chi connectivity index (χ2n) is 7.26. The molecule has 0 amide bonds. The zero-order valence-corrected chi connectivity index (χ0v) is 14.6. The van der Waals surface area contributed by atoms with Gasteiger partial charge >= 0.3 is 0 Å². The molecule has 5 heteroatoms. The Bertz CT molecular complexity index is 832. The van der Waals surface area contributed by atoms with Gasteiger partial charge in [0.1, 0.15) is 22.0 Å². The van der Waals surface area contributed by atoms with Gasteiger partial charge in [0.25, 0.3) is 0 Å². The van der Waals surface area contributed by atoms with Crippen LogP contribution in [0.25, 0.3) is 5.57 Å². The maximum absolute atomic E-state index is 5.15. The summed E-state index contributed by atoms with van der Waals surface area (Å²) >= 11 is 5.15. The molecular formula is C18H22N4S. The van der Waals surface area contributed by atoms with Crippen molar-refractivity contribution in [3.63, 3.8) is 0 Å². The Hall–Kier alpha value is -1.88. The molecule has 3 heterocycles. The van der Waals surface area contributed by atoms with E-state index in [1.54, 1.807) is 0 Å². The minimum absolute atomic E-state index is 0.0493. The number of allylic oxidation sites excluding steroid dienone is 1. The van der Waals surface area contributed by atoms with Crippen LogP contribution in [0.5, 0.6) is 0 Å². The van der Waals surface area contributed by atoms with Crippen LogP contribution in [0.15, 0.2) is 24.4 Å². The molecule has 2 aliphatic rings. The molecule has 120 valence electrons. The number of hydrogen-bond donors (Lipinski definition) is 2. The Balaban J connectivity index is 1.80. The summed E-state index contributed by atoms with van der Waals surface area (Å²) in [5, 5.41) is 3.66. The van der Waals surface area contributed by atoms with E-state index in [-0.39, 0.29) is 5.54 Å². The maximum Gasteiger partial charge on any atom is 0.135 e. The summed E-state index contributed by atoms with van der Waals surface area (Å²) < 4.78 is 3.12. The average Bonchev–Trinajstić information content (AvgIpc) is 3.25. The van der Waals surface area contributed by atoms with Crippen molar-refractivity contribution in [1.29, 1.82) is 0 Å². The molecule has 0 atom stereocenters. The Labute approximate surface area is 141 Å². The second-order valence-corrected chi connectivity index (χ2v) is 7.70. The van der Waals surface area contributed by atoms with Crippen LogP contribution in [0.4, 0.5) is 5.82 Å². The van der Waals surface area contributed by atoms with Crippen molar-refractivity contribution in [2.45, 2.75) is 51.6 Å². The molecule has 1 aliphatic heterocycles. The van der Waals surface area contributed by atoms with Crippen molar-refractivity contribution in [3.05, 3.63) is 46.1 Å². The van der Waals surface area contributed by atoms with E-state index < -0.39 is 0 Å². The van der Waals surface area contributed by atoms with E-state index in [1.165, 1.54) is 29.8 Å². The molecule has 2 aromatic heterocycles. The number of nitrogens with one attached hydrogen (secondary N) is 2. The number of aromatic nitrogens is 3. The van der Waals surface area contributed by atoms with E-state index in [4.69, 9.17) is 17.2 Å². The van der Waals surface area contributed by atoms with Crippen molar-refractivity contribution in [2.24, 2.45) is 0 Å². The van der Waals surface area contributed by atoms with Crippen molar-refractivity contribution in [2.75, 3.05) is 5.32 Å². The van der Waals surface area contributed by atoms with Crippen molar-refractivity contribution >= 4 is 23.6 Å². The number of nitrogens with zero attached hydrogens (tertiary/aromatic N) is 2. The summed E-state index contributed by atoms with van der Waals surface area (Å²) in [6, 6.07) is 4.05. The van der Waals surface area contributed by atoms with Gasteiger partial charge in [-0.05, 0) is 50.8 Å². The molecule has 0 spiro atoms. The predicted molar refractivity (Wildman–Crippen MR) is 96.3 cm³/mol. The highest BCUT2D eigenvalue weighted by atomic mass is 32.1. The van der Waals surface area contributed by atoms with Gasteiger partial charge in [-0.15, -0.1) is 0 Å². The minimum atomic E-state index is -0.0493. The van der Waals surface area contributed by atoms with E-state index in [0.29, 0.717) is 5.92 Å². The normalized spacial score (nSPS) is 19.0. The molecule has 1 aliphatic carbocycles. The van der Waals surface area contributed by atoms with Crippen LogP contribution in [-0.4, -0.2) is 20.1 Å². The van der Waals surface area contributed by atoms with Crippen LogP contribution in [0.1, 0.15) is 56.6 Å². The summed E-state index contributed by atoms with van der Waals surface area (Å²) in [7, 11) is 0. The highest BCUT2D eigenvalue weighted by molar-refractivity contribution is 7.71. The fraction of sp³-hybridized carbons (Fsp3) is 0.444. The fourth-order valence-corrected chi connectivity index (χ4v) is 3.49. The second kappa shape index (κ2) is 5.06. The van der Waals surface area contributed by atoms with E-state index in [0.717, 1.165) is 22.7 Å². The highest BCUT2D eigenvalue weighted by Crippen LogP contribution is 2.44. The third kappa shape index (κ3) is 2.74. The average molecular weight is 326 g/mol. The van der Waals surface area contributed by atoms with Gasteiger partial charge in [0.15, 0.2) is 0 Å². The SMILES string of the molecule is CC1=CC(C)(C)Nc2c1nc(C1CC1)n2Cc1ccc(=S)[nH]c1. The maximum atomic E-state index is 5.15. The molecule has 4 nitrogen and oxygen atoms in total. The monoisotopic (exact) mass is 326 g/mol. The number of imidazole rings is 1. The van der Waals surface area contributed by atoms with Gasteiger partial charge in [-0.2, -0.15) is 0 Å². The molecule has 1 saturated carbocycles. The lowest BCUT2D eigenvalue weighted by Gasteiger charge is -2.30. The fourth-order valence-electron chi connectivity index (χ4n) is 3.36. The first-order chi connectivity index (χ1) is 10.9. The number of rotatable bonds is 3. The summed E-state index contributed by atoms with van der Waals surface area (Å²) in [5.41, 5.74) is 3.53. The Morgan fingerprint density at radius 3 is 2.78 bits per heavy atom. The van der Waals surface area contributed by atoms with Gasteiger partial charge in [0.05, 0.1) is 12.1 Å². The number of hydrogen-bond acceptors (Lipinski definition) is 3. The van der Waals surface area contributed by atoms with Crippen molar-refractivity contribution in [3.8, 4) is 0 Å². The quantitative estimate of drug-likeness (QED) is 0.818. The molecule has 4 rings (SSSR count). The van der Waals surface area contributed by atoms with E-state index in [9.17, 15) is 0 Å². The molecule has 0 radical (unpaired) electrons. The van der Waals surface area contributed by atoms with Crippen LogP contribution >= 0.6 is 12.2 Å². The lowest BCUT2D eigenvalue weighted by atomic mass is 9.96. The van der Waals surface area contributed by atoms with Crippen LogP contribution in [0, 0.1) is 4.64 Å². The molecule has 2 N–H and O–H groups in total. The third-order valence-electron chi connectivity index (χ3n) is 4.52. The van der Waals surface area contributed by atoms with E-state index >= 15 is 0 Å². The van der Waals surface area contributed by atoms with Gasteiger partial charge < -0.3 is 14.9 Å². The zero-order chi connectivity index (χ0) is 16.2. The number of fused-ring (bicyclic) bond motifs is 1. The smallest absolute Gasteiger partial charge is 0.135 e. The van der Waals surface area contributed by atoms with Gasteiger partial charge in [0, 0.05) is 12.1 Å². The van der Waals surface area contributed by atoms with Gasteiger partial charge in [0.2, 0.25) is 0 Å². The van der Waals surface area contributed by atoms with Gasteiger partial charge in [-0.25, -0.2) is 4.98 Å². The van der Waals surface area contributed by atoms with Crippen molar-refractivity contribution in [1.82, 2.24) is 14.5 Å². The van der Waals surface area contributed by atoms with Gasteiger partial charge in [-0.1, -0.05) is 24.4 Å². The predicted octanol–water partition coefficient (Wildman–Crippen LogP) is 4.47. The molecule has 0 bridgehead atoms. The molecule has 2 aromatic rings. The summed E-state index contributed by atoms with van der Waals surface area (Å²) in [6.07, 6.45) is 6.77. The molecule has 0 aromatic carbocycles. The lowest BCUT2D eigenvalue weighted by molar-refractivity contribution is 0.669. The molecule has 0 saturated heterocycles. The van der Waals surface area contributed by atoms with Crippen LogP contribution in [-0.2, 0) is 6.54 Å². The summed E-state index contributed by atoms with van der Waals surface area (Å²) in [6.45, 7) is 7.38. The Kier molecular flexibility index (Phi) is 3.23. The van der Waals surface area contributed by atoms with E-state index in [1.807, 2.05) is 12.3 Å². The van der Waals surface area contributed by atoms with Crippen LogP contribution in [0.3, 0.4) is 0 Å². The highest BCUT2D eigenvalue weighted by Gasteiger charge is 2.34. The number of pyridine rings is 1. The lowest BCUT2D eigenvalue weighted by Crippen LogP contribution is -2.32. The minimum Gasteiger partial charge on any atom is -0.361 e. The van der Waals surface area contributed by atoms with Gasteiger partial charge in [-0.3, -0.25) is 0 Å². The Morgan fingerprint density at radius 2 is 2.13 bits per heavy atom. The molecule has 23 heavy (non-hydrogen) atoms. The third-order valence-corrected chi connectivity index (χ3v) is 4.77. The summed E-state index contributed by atoms with van der Waals surface area (Å²) in [4.78, 5) is 8.11. The largest absolute Gasteiger partial charge is 0.361 e. The number of H-pyrrole nitrogens is 1. The van der Waals surface area contributed by atoms with Crippen molar-refractivity contribution < 1.29 is 0 Å². The standard InChI is InChI=1S/C18H22N4S/c1-11-8-18(2,3)21-17-15(11)20-16(13-5-6-13)22(17)10-12-4-7-14(23)19-9-12/h4,7-9,13,21H,5-6,10H2,1-3H3,(H,19,23). The van der Waals surface area contributed by atoms with Crippen LogP contribution in [0.2, 0.25) is 0 Å². The first-order valence-electron chi connectivity index (χ1n) is 8.19. The molecule has 1 fully saturated rings. The van der Waals surface area contributed by atoms with E-state index in [2.05, 4.69) is 47.8 Å². The zero-order valence-electron chi connectivity index (χ0n) is 13.8. The number of anilines is 1. The van der Waals surface area contributed by atoms with Crippen LogP contribution < -0.4 is 5.32 Å². The topological polar surface area (TPSA) is 45.6 Å². The molecular weight excluding hydrogens is 304 g/mol. The first kappa shape index (κ1) is 14.7. The molecule has 0 unspecified atom stereocenters. The first-order valence-corrected chi connectivity index (χ1v) is 8.60.